The molecular weight excluding hydrogens is 166 g/mol. The van der Waals surface area contributed by atoms with Gasteiger partial charge in [-0.15, -0.1) is 0 Å². The fraction of sp³-hybridized carbons (Fsp3) is 0.900. The topological polar surface area (TPSA) is 63.3 Å². The predicted octanol–water partition coefficient (Wildman–Crippen LogP) is 1.22. The third-order valence-corrected chi connectivity index (χ3v) is 3.37. The molecule has 0 spiro atoms. The second kappa shape index (κ2) is 3.29. The van der Waals surface area contributed by atoms with Crippen molar-refractivity contribution in [1.82, 2.24) is 0 Å². The Hall–Kier alpha value is -0.570. The van der Waals surface area contributed by atoms with E-state index in [1.54, 1.807) is 0 Å². The lowest BCUT2D eigenvalue weighted by molar-refractivity contribution is -0.138. The van der Waals surface area contributed by atoms with Gasteiger partial charge in [0.2, 0.25) is 0 Å². The van der Waals surface area contributed by atoms with Crippen molar-refractivity contribution in [3.63, 3.8) is 0 Å². The highest BCUT2D eigenvalue weighted by Gasteiger charge is 2.46. The van der Waals surface area contributed by atoms with Crippen LogP contribution >= 0.6 is 0 Å². The monoisotopic (exact) mass is 183 g/mol. The van der Waals surface area contributed by atoms with Crippen LogP contribution < -0.4 is 5.73 Å². The molecule has 13 heavy (non-hydrogen) atoms. The zero-order chi connectivity index (χ0) is 9.42. The number of carbonyl (C=O) groups is 1. The molecule has 0 radical (unpaired) electrons. The molecule has 2 saturated carbocycles. The van der Waals surface area contributed by atoms with Gasteiger partial charge in [-0.1, -0.05) is 0 Å². The highest BCUT2D eigenvalue weighted by molar-refractivity contribution is 5.72. The molecule has 0 aromatic rings. The first-order valence-corrected chi connectivity index (χ1v) is 5.17. The Kier molecular flexibility index (Phi) is 2.28. The third-order valence-electron chi connectivity index (χ3n) is 3.37. The second-order valence-corrected chi connectivity index (χ2v) is 4.52. The van der Waals surface area contributed by atoms with Crippen molar-refractivity contribution in [2.75, 3.05) is 0 Å². The summed E-state index contributed by atoms with van der Waals surface area (Å²) in [7, 11) is 0. The van der Waals surface area contributed by atoms with E-state index in [0.29, 0.717) is 6.42 Å². The summed E-state index contributed by atoms with van der Waals surface area (Å²) in [6.45, 7) is 0. The molecule has 3 heteroatoms. The van der Waals surface area contributed by atoms with E-state index in [0.717, 1.165) is 24.2 Å². The molecule has 1 unspecified atom stereocenters. The average Bonchev–Trinajstić information content (AvgIpc) is 2.91. The molecule has 3 atom stereocenters. The van der Waals surface area contributed by atoms with E-state index in [1.165, 1.54) is 19.3 Å². The number of hydrogen-bond acceptors (Lipinski definition) is 2. The van der Waals surface area contributed by atoms with Gasteiger partial charge in [-0.25, -0.2) is 0 Å². The molecule has 2 fully saturated rings. The van der Waals surface area contributed by atoms with Gasteiger partial charge in [0, 0.05) is 0 Å². The Morgan fingerprint density at radius 2 is 2.23 bits per heavy atom. The molecule has 2 rings (SSSR count). The zero-order valence-corrected chi connectivity index (χ0v) is 7.78. The highest BCUT2D eigenvalue weighted by atomic mass is 16.4. The minimum absolute atomic E-state index is 0.638. The summed E-state index contributed by atoms with van der Waals surface area (Å²) in [5.74, 6) is 1.87. The second-order valence-electron chi connectivity index (χ2n) is 4.52. The van der Waals surface area contributed by atoms with E-state index in [1.807, 2.05) is 0 Å². The van der Waals surface area contributed by atoms with Gasteiger partial charge >= 0.3 is 5.97 Å². The van der Waals surface area contributed by atoms with Gasteiger partial charge in [-0.3, -0.25) is 4.79 Å². The molecule has 0 aromatic heterocycles. The van der Waals surface area contributed by atoms with E-state index in [2.05, 4.69) is 0 Å². The fourth-order valence-corrected chi connectivity index (χ4v) is 2.22. The normalized spacial score (nSPS) is 34.2. The summed E-state index contributed by atoms with van der Waals surface area (Å²) < 4.78 is 0. The molecule has 3 N–H and O–H groups in total. The van der Waals surface area contributed by atoms with Crippen LogP contribution in [0.2, 0.25) is 0 Å². The van der Waals surface area contributed by atoms with Gasteiger partial charge in [0.05, 0.1) is 0 Å². The first-order valence-electron chi connectivity index (χ1n) is 5.17. The van der Waals surface area contributed by atoms with Crippen LogP contribution in [0.1, 0.15) is 32.1 Å². The number of carboxylic acids is 1. The number of nitrogens with two attached hydrogens (primary N) is 1. The van der Waals surface area contributed by atoms with Crippen LogP contribution in [-0.2, 0) is 4.79 Å². The van der Waals surface area contributed by atoms with Crippen LogP contribution in [0.15, 0.2) is 0 Å². The zero-order valence-electron chi connectivity index (χ0n) is 7.78. The number of rotatable bonds is 5. The Bertz CT molecular complexity index is 213. The lowest BCUT2D eigenvalue weighted by Gasteiger charge is -2.04. The SMILES string of the molecule is NC(CC[C@@H]1C[C@H]1C1CC1)C(=O)O. The molecule has 2 aliphatic carbocycles. The van der Waals surface area contributed by atoms with Crippen molar-refractivity contribution in [3.8, 4) is 0 Å². The minimum atomic E-state index is -0.858. The molecule has 2 aliphatic rings. The third kappa shape index (κ3) is 2.21. The number of carboxylic acid groups (broad SMARTS) is 1. The molecule has 0 heterocycles. The standard InChI is InChI=1S/C10H17NO2/c11-9(10(12)13)4-3-7-5-8(7)6-1-2-6/h6-9H,1-5,11H2,(H,12,13)/t7-,8+,9?/m1/s1. The Labute approximate surface area is 78.3 Å². The van der Waals surface area contributed by atoms with Crippen molar-refractivity contribution in [2.24, 2.45) is 23.5 Å². The fourth-order valence-electron chi connectivity index (χ4n) is 2.22. The van der Waals surface area contributed by atoms with Gasteiger partial charge in [-0.2, -0.15) is 0 Å². The maximum atomic E-state index is 10.4. The van der Waals surface area contributed by atoms with Gasteiger partial charge in [0.1, 0.15) is 6.04 Å². The van der Waals surface area contributed by atoms with Crippen LogP contribution in [0, 0.1) is 17.8 Å². The van der Waals surface area contributed by atoms with Crippen molar-refractivity contribution in [2.45, 2.75) is 38.1 Å². The minimum Gasteiger partial charge on any atom is -0.480 e. The Balaban J connectivity index is 1.61. The maximum absolute atomic E-state index is 10.4. The first kappa shape index (κ1) is 9.00. The van der Waals surface area contributed by atoms with Crippen LogP contribution in [0.3, 0.4) is 0 Å². The summed E-state index contributed by atoms with van der Waals surface area (Å²) in [6, 6.07) is -0.638. The number of hydrogen-bond donors (Lipinski definition) is 2. The van der Waals surface area contributed by atoms with Crippen LogP contribution in [0.25, 0.3) is 0 Å². The van der Waals surface area contributed by atoms with Gasteiger partial charge in [-0.05, 0) is 49.9 Å². The lowest BCUT2D eigenvalue weighted by Crippen LogP contribution is -2.29. The van der Waals surface area contributed by atoms with Crippen molar-refractivity contribution in [3.05, 3.63) is 0 Å². The molecule has 0 amide bonds. The maximum Gasteiger partial charge on any atom is 0.320 e. The van der Waals surface area contributed by atoms with Crippen molar-refractivity contribution in [1.29, 1.82) is 0 Å². The highest BCUT2D eigenvalue weighted by Crippen LogP contribution is 2.55. The molecule has 3 nitrogen and oxygen atoms in total. The van der Waals surface area contributed by atoms with Crippen LogP contribution in [0.4, 0.5) is 0 Å². The lowest BCUT2D eigenvalue weighted by atomic mass is 10.1. The quantitative estimate of drug-likeness (QED) is 0.673. The number of aliphatic carboxylic acids is 1. The summed E-state index contributed by atoms with van der Waals surface area (Å²) in [5, 5.41) is 8.58. The van der Waals surface area contributed by atoms with Crippen molar-refractivity contribution >= 4 is 5.97 Å². The van der Waals surface area contributed by atoms with Gasteiger partial charge in [0.15, 0.2) is 0 Å². The van der Waals surface area contributed by atoms with Gasteiger partial charge in [0.25, 0.3) is 0 Å². The smallest absolute Gasteiger partial charge is 0.320 e. The Morgan fingerprint density at radius 3 is 2.77 bits per heavy atom. The largest absolute Gasteiger partial charge is 0.480 e. The molecular formula is C10H17NO2. The summed E-state index contributed by atoms with van der Waals surface area (Å²) >= 11 is 0. The van der Waals surface area contributed by atoms with Gasteiger partial charge < -0.3 is 10.8 Å². The van der Waals surface area contributed by atoms with E-state index < -0.39 is 12.0 Å². The molecule has 0 bridgehead atoms. The average molecular weight is 183 g/mol. The van der Waals surface area contributed by atoms with E-state index in [-0.39, 0.29) is 0 Å². The Morgan fingerprint density at radius 1 is 1.54 bits per heavy atom. The van der Waals surface area contributed by atoms with E-state index >= 15 is 0 Å². The molecule has 0 aromatic carbocycles. The van der Waals surface area contributed by atoms with Crippen molar-refractivity contribution < 1.29 is 9.90 Å². The van der Waals surface area contributed by atoms with E-state index in [4.69, 9.17) is 10.8 Å². The molecule has 0 saturated heterocycles. The predicted molar refractivity (Wildman–Crippen MR) is 49.2 cm³/mol. The summed E-state index contributed by atoms with van der Waals surface area (Å²) in [6.07, 6.45) is 5.83. The first-order chi connectivity index (χ1) is 6.18. The summed E-state index contributed by atoms with van der Waals surface area (Å²) in [5.41, 5.74) is 5.43. The van der Waals surface area contributed by atoms with E-state index in [9.17, 15) is 4.79 Å². The van der Waals surface area contributed by atoms with Crippen LogP contribution in [0.5, 0.6) is 0 Å². The molecule has 74 valence electrons. The summed E-state index contributed by atoms with van der Waals surface area (Å²) in [4.78, 5) is 10.4. The van der Waals surface area contributed by atoms with Crippen LogP contribution in [-0.4, -0.2) is 17.1 Å². The molecule has 0 aliphatic heterocycles.